The maximum atomic E-state index is 12.8. The molecule has 108 valence electrons. The number of nitrogens with zero attached hydrogens (tertiary/aromatic N) is 1. The van der Waals surface area contributed by atoms with Crippen LogP contribution in [-0.4, -0.2) is 17.4 Å². The van der Waals surface area contributed by atoms with E-state index in [1.54, 1.807) is 0 Å². The molecule has 0 aromatic heterocycles. The average Bonchev–Trinajstić information content (AvgIpc) is 2.53. The Kier molecular flexibility index (Phi) is 3.78. The number of carbonyl (C=O) groups is 1. The summed E-state index contributed by atoms with van der Waals surface area (Å²) in [6.45, 7) is 5.09. The molecule has 2 heteroatoms. The van der Waals surface area contributed by atoms with Crippen LogP contribution in [0.4, 0.5) is 0 Å². The molecular weight excluding hydrogens is 258 g/mol. The van der Waals surface area contributed by atoms with Gasteiger partial charge < -0.3 is 4.90 Å². The first kappa shape index (κ1) is 13.9. The minimum atomic E-state index is 0.147. The lowest BCUT2D eigenvalue weighted by molar-refractivity contribution is 0.0655. The highest BCUT2D eigenvalue weighted by atomic mass is 16.2. The molecule has 1 unspecified atom stereocenters. The summed E-state index contributed by atoms with van der Waals surface area (Å²) in [5.41, 5.74) is 4.80. The molecule has 0 spiro atoms. The second kappa shape index (κ2) is 5.72. The lowest BCUT2D eigenvalue weighted by Gasteiger charge is -2.37. The van der Waals surface area contributed by atoms with Gasteiger partial charge in [0.25, 0.3) is 5.91 Å². The predicted octanol–water partition coefficient (Wildman–Crippen LogP) is 4.14. The maximum absolute atomic E-state index is 12.8. The van der Waals surface area contributed by atoms with E-state index in [1.165, 1.54) is 16.7 Å². The van der Waals surface area contributed by atoms with Gasteiger partial charge in [0.1, 0.15) is 0 Å². The largest absolute Gasteiger partial charge is 0.331 e. The first-order valence-electron chi connectivity index (χ1n) is 7.66. The standard InChI is InChI=1S/C19H21NO/c1-3-18-17-10-9-14(2)13-16(17)11-12-20(18)19(21)15-7-5-4-6-8-15/h4-10,13,18H,3,11-12H2,1-2H3. The highest BCUT2D eigenvalue weighted by Gasteiger charge is 2.29. The predicted molar refractivity (Wildman–Crippen MR) is 85.4 cm³/mol. The van der Waals surface area contributed by atoms with E-state index in [2.05, 4.69) is 32.0 Å². The third-order valence-electron chi connectivity index (χ3n) is 4.32. The summed E-state index contributed by atoms with van der Waals surface area (Å²) in [5, 5.41) is 0. The van der Waals surface area contributed by atoms with Crippen molar-refractivity contribution in [1.82, 2.24) is 4.90 Å². The number of amides is 1. The van der Waals surface area contributed by atoms with Gasteiger partial charge >= 0.3 is 0 Å². The highest BCUT2D eigenvalue weighted by Crippen LogP contribution is 2.33. The van der Waals surface area contributed by atoms with Gasteiger partial charge in [-0.2, -0.15) is 0 Å². The van der Waals surface area contributed by atoms with Gasteiger partial charge in [0, 0.05) is 12.1 Å². The lowest BCUT2D eigenvalue weighted by atomic mass is 9.89. The second-order valence-corrected chi connectivity index (χ2v) is 5.74. The molecule has 2 aromatic rings. The van der Waals surface area contributed by atoms with E-state index < -0.39 is 0 Å². The first-order chi connectivity index (χ1) is 10.2. The fourth-order valence-corrected chi connectivity index (χ4v) is 3.27. The van der Waals surface area contributed by atoms with Crippen LogP contribution >= 0.6 is 0 Å². The molecule has 1 aliphatic rings. The summed E-state index contributed by atoms with van der Waals surface area (Å²) in [4.78, 5) is 14.8. The molecule has 1 heterocycles. The molecule has 0 N–H and O–H groups in total. The van der Waals surface area contributed by atoms with Gasteiger partial charge in [-0.1, -0.05) is 48.9 Å². The Labute approximate surface area is 126 Å². The molecule has 0 fully saturated rings. The highest BCUT2D eigenvalue weighted by molar-refractivity contribution is 5.94. The van der Waals surface area contributed by atoms with Crippen LogP contribution in [0.15, 0.2) is 48.5 Å². The van der Waals surface area contributed by atoms with Crippen molar-refractivity contribution in [2.75, 3.05) is 6.54 Å². The van der Waals surface area contributed by atoms with Gasteiger partial charge in [0.15, 0.2) is 0 Å². The quantitative estimate of drug-likeness (QED) is 0.809. The van der Waals surface area contributed by atoms with Crippen LogP contribution in [-0.2, 0) is 6.42 Å². The van der Waals surface area contributed by atoms with Crippen molar-refractivity contribution in [1.29, 1.82) is 0 Å². The molecule has 2 aromatic carbocycles. The van der Waals surface area contributed by atoms with E-state index in [0.717, 1.165) is 24.9 Å². The van der Waals surface area contributed by atoms with Crippen molar-refractivity contribution < 1.29 is 4.79 Å². The molecular formula is C19H21NO. The van der Waals surface area contributed by atoms with Gasteiger partial charge in [-0.15, -0.1) is 0 Å². The SMILES string of the molecule is CCC1c2ccc(C)cc2CCN1C(=O)c1ccccc1. The number of hydrogen-bond donors (Lipinski definition) is 0. The number of aryl methyl sites for hydroxylation is 1. The lowest BCUT2D eigenvalue weighted by Crippen LogP contribution is -2.39. The van der Waals surface area contributed by atoms with Crippen molar-refractivity contribution in [2.45, 2.75) is 32.7 Å². The van der Waals surface area contributed by atoms with Crippen molar-refractivity contribution >= 4 is 5.91 Å². The first-order valence-corrected chi connectivity index (χ1v) is 7.66. The number of benzene rings is 2. The number of rotatable bonds is 2. The van der Waals surface area contributed by atoms with E-state index in [1.807, 2.05) is 35.2 Å². The summed E-state index contributed by atoms with van der Waals surface area (Å²) in [6, 6.07) is 16.4. The van der Waals surface area contributed by atoms with E-state index in [9.17, 15) is 4.79 Å². The van der Waals surface area contributed by atoms with Crippen molar-refractivity contribution in [3.8, 4) is 0 Å². The summed E-state index contributed by atoms with van der Waals surface area (Å²) in [7, 11) is 0. The smallest absolute Gasteiger partial charge is 0.254 e. The zero-order valence-electron chi connectivity index (χ0n) is 12.7. The van der Waals surface area contributed by atoms with Crippen LogP contribution < -0.4 is 0 Å². The molecule has 0 saturated heterocycles. The monoisotopic (exact) mass is 279 g/mol. The zero-order chi connectivity index (χ0) is 14.8. The molecule has 21 heavy (non-hydrogen) atoms. The van der Waals surface area contributed by atoms with Crippen molar-refractivity contribution in [3.05, 3.63) is 70.8 Å². The van der Waals surface area contributed by atoms with E-state index in [-0.39, 0.29) is 11.9 Å². The zero-order valence-corrected chi connectivity index (χ0v) is 12.7. The Hall–Kier alpha value is -2.09. The van der Waals surface area contributed by atoms with Crippen LogP contribution in [0.25, 0.3) is 0 Å². The molecule has 0 saturated carbocycles. The van der Waals surface area contributed by atoms with Crippen LogP contribution in [0.5, 0.6) is 0 Å². The Morgan fingerprint density at radius 3 is 2.67 bits per heavy atom. The Bertz CT molecular complexity index is 648. The normalized spacial score (nSPS) is 17.4. The number of hydrogen-bond acceptors (Lipinski definition) is 1. The number of carbonyl (C=O) groups excluding carboxylic acids is 1. The molecule has 1 atom stereocenters. The Balaban J connectivity index is 1.94. The maximum Gasteiger partial charge on any atom is 0.254 e. The van der Waals surface area contributed by atoms with Gasteiger partial charge in [0.2, 0.25) is 0 Å². The Morgan fingerprint density at radius 2 is 1.95 bits per heavy atom. The molecule has 0 aliphatic carbocycles. The van der Waals surface area contributed by atoms with Gasteiger partial charge in [-0.05, 0) is 43.0 Å². The van der Waals surface area contributed by atoms with Crippen LogP contribution in [0.2, 0.25) is 0 Å². The summed E-state index contributed by atoms with van der Waals surface area (Å²) in [5.74, 6) is 0.147. The number of fused-ring (bicyclic) bond motifs is 1. The van der Waals surface area contributed by atoms with Gasteiger partial charge in [-0.3, -0.25) is 4.79 Å². The van der Waals surface area contributed by atoms with Crippen molar-refractivity contribution in [2.24, 2.45) is 0 Å². The van der Waals surface area contributed by atoms with E-state index in [4.69, 9.17) is 0 Å². The molecule has 2 nitrogen and oxygen atoms in total. The fourth-order valence-electron chi connectivity index (χ4n) is 3.27. The third-order valence-corrected chi connectivity index (χ3v) is 4.32. The molecule has 3 rings (SSSR count). The van der Waals surface area contributed by atoms with E-state index in [0.29, 0.717) is 0 Å². The fraction of sp³-hybridized carbons (Fsp3) is 0.316. The van der Waals surface area contributed by atoms with Gasteiger partial charge in [-0.25, -0.2) is 0 Å². The molecule has 1 amide bonds. The van der Waals surface area contributed by atoms with Crippen LogP contribution in [0.3, 0.4) is 0 Å². The Morgan fingerprint density at radius 1 is 1.19 bits per heavy atom. The summed E-state index contributed by atoms with van der Waals surface area (Å²) < 4.78 is 0. The average molecular weight is 279 g/mol. The molecule has 1 aliphatic heterocycles. The minimum Gasteiger partial charge on any atom is -0.331 e. The van der Waals surface area contributed by atoms with Gasteiger partial charge in [0.05, 0.1) is 6.04 Å². The molecule has 0 radical (unpaired) electrons. The topological polar surface area (TPSA) is 20.3 Å². The minimum absolute atomic E-state index is 0.147. The van der Waals surface area contributed by atoms with E-state index >= 15 is 0 Å². The second-order valence-electron chi connectivity index (χ2n) is 5.74. The van der Waals surface area contributed by atoms with Crippen LogP contribution in [0, 0.1) is 6.92 Å². The summed E-state index contributed by atoms with van der Waals surface area (Å²) >= 11 is 0. The third kappa shape index (κ3) is 2.58. The van der Waals surface area contributed by atoms with Crippen LogP contribution in [0.1, 0.15) is 46.4 Å². The summed E-state index contributed by atoms with van der Waals surface area (Å²) in [6.07, 6.45) is 1.90. The molecule has 0 bridgehead atoms. The van der Waals surface area contributed by atoms with Crippen molar-refractivity contribution in [3.63, 3.8) is 0 Å².